The van der Waals surface area contributed by atoms with Crippen LogP contribution < -0.4 is 10.2 Å². The summed E-state index contributed by atoms with van der Waals surface area (Å²) in [7, 11) is 0. The maximum absolute atomic E-state index is 12.2. The van der Waals surface area contributed by atoms with Crippen LogP contribution in [0.5, 0.6) is 5.75 Å². The highest BCUT2D eigenvalue weighted by molar-refractivity contribution is 6.06. The summed E-state index contributed by atoms with van der Waals surface area (Å²) in [6.45, 7) is -0.590. The summed E-state index contributed by atoms with van der Waals surface area (Å²) in [5.74, 6) is 0.312. The quantitative estimate of drug-likeness (QED) is 0.931. The number of halogens is 3. The number of alkyl halides is 3. The second-order valence-corrected chi connectivity index (χ2v) is 5.25. The van der Waals surface area contributed by atoms with Gasteiger partial charge in [0.05, 0.1) is 5.71 Å². The smallest absolute Gasteiger partial charge is 0.422 e. The van der Waals surface area contributed by atoms with Crippen molar-refractivity contribution in [1.29, 1.82) is 0 Å². The van der Waals surface area contributed by atoms with E-state index in [2.05, 4.69) is 10.5 Å². The number of nitrogens with zero attached hydrogens (tertiary/aromatic N) is 1. The van der Waals surface area contributed by atoms with Gasteiger partial charge in [-0.1, -0.05) is 30.3 Å². The van der Waals surface area contributed by atoms with Crippen molar-refractivity contribution in [2.75, 3.05) is 13.2 Å². The zero-order valence-corrected chi connectivity index (χ0v) is 12.2. The summed E-state index contributed by atoms with van der Waals surface area (Å²) in [5.41, 5.74) is 5.87. The first-order chi connectivity index (χ1) is 11.0. The fourth-order valence-corrected chi connectivity index (χ4v) is 2.51. The van der Waals surface area contributed by atoms with Gasteiger partial charge in [-0.25, -0.2) is 0 Å². The highest BCUT2D eigenvalue weighted by Gasteiger charge is 2.28. The minimum absolute atomic E-state index is 0.123. The molecule has 0 aliphatic carbocycles. The summed E-state index contributed by atoms with van der Waals surface area (Å²) < 4.78 is 41.2. The molecule has 1 unspecified atom stereocenters. The average Bonchev–Trinajstić information content (AvgIpc) is 3.03. The fourth-order valence-electron chi connectivity index (χ4n) is 2.51. The Morgan fingerprint density at radius 3 is 2.39 bits per heavy atom. The average molecular weight is 320 g/mol. The number of ether oxygens (including phenoxy) is 1. The summed E-state index contributed by atoms with van der Waals surface area (Å²) in [4.78, 5) is 0. The Morgan fingerprint density at radius 1 is 1.04 bits per heavy atom. The number of rotatable bonds is 4. The molecule has 2 aromatic carbocycles. The first-order valence-electron chi connectivity index (χ1n) is 7.18. The van der Waals surface area contributed by atoms with Gasteiger partial charge in [0, 0.05) is 12.5 Å². The maximum Gasteiger partial charge on any atom is 0.422 e. The predicted molar refractivity (Wildman–Crippen MR) is 81.7 cm³/mol. The van der Waals surface area contributed by atoms with Crippen molar-refractivity contribution in [2.45, 2.75) is 12.1 Å². The molecule has 0 amide bonds. The normalized spacial score (nSPS) is 17.5. The number of hydrogen-bond donors (Lipinski definition) is 1. The third-order valence-electron chi connectivity index (χ3n) is 3.58. The Balaban J connectivity index is 1.74. The van der Waals surface area contributed by atoms with Crippen molar-refractivity contribution in [2.24, 2.45) is 5.10 Å². The summed E-state index contributed by atoms with van der Waals surface area (Å²) >= 11 is 0. The topological polar surface area (TPSA) is 33.6 Å². The SMILES string of the molecule is FC(F)(F)COc1ccc(C2=NNCC2c2ccccc2)cc1. The first-order valence-corrected chi connectivity index (χ1v) is 7.18. The summed E-state index contributed by atoms with van der Waals surface area (Å²) in [6, 6.07) is 16.5. The second kappa shape index (κ2) is 6.32. The molecule has 6 heteroatoms. The Morgan fingerprint density at radius 2 is 1.74 bits per heavy atom. The van der Waals surface area contributed by atoms with E-state index < -0.39 is 12.8 Å². The molecule has 0 saturated carbocycles. The van der Waals surface area contributed by atoms with Crippen LogP contribution in [0.3, 0.4) is 0 Å². The molecule has 3 rings (SSSR count). The third-order valence-corrected chi connectivity index (χ3v) is 3.58. The van der Waals surface area contributed by atoms with Crippen LogP contribution in [-0.4, -0.2) is 25.0 Å². The molecule has 23 heavy (non-hydrogen) atoms. The lowest BCUT2D eigenvalue weighted by atomic mass is 9.91. The fraction of sp³-hybridized carbons (Fsp3) is 0.235. The van der Waals surface area contributed by atoms with E-state index in [1.54, 1.807) is 12.1 Å². The van der Waals surface area contributed by atoms with E-state index in [4.69, 9.17) is 4.74 Å². The maximum atomic E-state index is 12.2. The Labute approximate surface area is 131 Å². The van der Waals surface area contributed by atoms with Gasteiger partial charge in [-0.3, -0.25) is 0 Å². The zero-order chi connectivity index (χ0) is 16.3. The standard InChI is InChI=1S/C17H15F3N2O/c18-17(19,20)11-23-14-8-6-13(7-9-14)16-15(10-21-22-16)12-4-2-1-3-5-12/h1-9,15,21H,10-11H2. The van der Waals surface area contributed by atoms with Gasteiger partial charge in [0.2, 0.25) is 0 Å². The van der Waals surface area contributed by atoms with E-state index in [1.807, 2.05) is 30.3 Å². The highest BCUT2D eigenvalue weighted by atomic mass is 19.4. The molecule has 120 valence electrons. The Kier molecular flexibility index (Phi) is 4.23. The van der Waals surface area contributed by atoms with Crippen molar-refractivity contribution in [3.8, 4) is 5.75 Å². The molecule has 1 aliphatic heterocycles. The molecule has 1 N–H and O–H groups in total. The van der Waals surface area contributed by atoms with Crippen LogP contribution in [0.4, 0.5) is 13.2 Å². The monoisotopic (exact) mass is 320 g/mol. The molecular formula is C17H15F3N2O. The van der Waals surface area contributed by atoms with Crippen LogP contribution in [0.25, 0.3) is 0 Å². The predicted octanol–water partition coefficient (Wildman–Crippen LogP) is 3.72. The molecule has 0 aromatic heterocycles. The Bertz CT molecular complexity index is 681. The molecule has 1 heterocycles. The van der Waals surface area contributed by atoms with E-state index >= 15 is 0 Å². The van der Waals surface area contributed by atoms with Crippen LogP contribution in [0, 0.1) is 0 Å². The third kappa shape index (κ3) is 3.83. The lowest BCUT2D eigenvalue weighted by Gasteiger charge is -2.13. The minimum Gasteiger partial charge on any atom is -0.484 e. The number of benzene rings is 2. The minimum atomic E-state index is -4.34. The molecule has 0 radical (unpaired) electrons. The molecule has 1 aliphatic rings. The number of hydrogen-bond acceptors (Lipinski definition) is 3. The van der Waals surface area contributed by atoms with Gasteiger partial charge in [0.15, 0.2) is 6.61 Å². The van der Waals surface area contributed by atoms with Gasteiger partial charge in [-0.05, 0) is 35.4 Å². The number of nitrogens with one attached hydrogen (secondary N) is 1. The van der Waals surface area contributed by atoms with Gasteiger partial charge >= 0.3 is 6.18 Å². The largest absolute Gasteiger partial charge is 0.484 e. The Hall–Kier alpha value is -2.50. The van der Waals surface area contributed by atoms with E-state index in [1.165, 1.54) is 12.1 Å². The summed E-state index contributed by atoms with van der Waals surface area (Å²) in [6.07, 6.45) is -4.34. The van der Waals surface area contributed by atoms with Gasteiger partial charge in [-0.15, -0.1) is 0 Å². The van der Waals surface area contributed by atoms with E-state index in [-0.39, 0.29) is 11.7 Å². The van der Waals surface area contributed by atoms with Crippen molar-refractivity contribution in [3.63, 3.8) is 0 Å². The molecular weight excluding hydrogens is 305 g/mol. The van der Waals surface area contributed by atoms with Gasteiger partial charge in [0.25, 0.3) is 0 Å². The van der Waals surface area contributed by atoms with Crippen LogP contribution in [0.1, 0.15) is 17.0 Å². The molecule has 0 bridgehead atoms. The van der Waals surface area contributed by atoms with Crippen molar-refractivity contribution < 1.29 is 17.9 Å². The van der Waals surface area contributed by atoms with Crippen molar-refractivity contribution in [1.82, 2.24) is 5.43 Å². The second-order valence-electron chi connectivity index (χ2n) is 5.25. The first kappa shape index (κ1) is 15.4. The van der Waals surface area contributed by atoms with Crippen LogP contribution in [0.15, 0.2) is 59.7 Å². The van der Waals surface area contributed by atoms with Crippen LogP contribution in [-0.2, 0) is 0 Å². The molecule has 0 spiro atoms. The zero-order valence-electron chi connectivity index (χ0n) is 12.2. The van der Waals surface area contributed by atoms with Crippen LogP contribution >= 0.6 is 0 Å². The molecule has 0 saturated heterocycles. The van der Waals surface area contributed by atoms with Crippen molar-refractivity contribution in [3.05, 3.63) is 65.7 Å². The van der Waals surface area contributed by atoms with E-state index in [0.717, 1.165) is 16.8 Å². The van der Waals surface area contributed by atoms with E-state index in [0.29, 0.717) is 6.54 Å². The molecule has 3 nitrogen and oxygen atoms in total. The molecule has 2 aromatic rings. The molecule has 1 atom stereocenters. The summed E-state index contributed by atoms with van der Waals surface area (Å²) in [5, 5.41) is 4.32. The van der Waals surface area contributed by atoms with Gasteiger partial charge < -0.3 is 10.2 Å². The molecule has 0 fully saturated rings. The van der Waals surface area contributed by atoms with Crippen LogP contribution in [0.2, 0.25) is 0 Å². The lowest BCUT2D eigenvalue weighted by molar-refractivity contribution is -0.153. The van der Waals surface area contributed by atoms with Crippen molar-refractivity contribution >= 4 is 5.71 Å². The highest BCUT2D eigenvalue weighted by Crippen LogP contribution is 2.26. The van der Waals surface area contributed by atoms with E-state index in [9.17, 15) is 13.2 Å². The van der Waals surface area contributed by atoms with Gasteiger partial charge in [0.1, 0.15) is 5.75 Å². The number of hydrazone groups is 1. The van der Waals surface area contributed by atoms with Gasteiger partial charge in [-0.2, -0.15) is 18.3 Å². The lowest BCUT2D eigenvalue weighted by Crippen LogP contribution is -2.19.